The van der Waals surface area contributed by atoms with E-state index in [1.807, 2.05) is 54.6 Å². The molecule has 1 saturated carbocycles. The number of primary amides is 1. The number of likely N-dealkylation sites (tertiary alicyclic amines) is 1. The van der Waals surface area contributed by atoms with E-state index in [4.69, 9.17) is 5.73 Å². The van der Waals surface area contributed by atoms with E-state index >= 15 is 0 Å². The summed E-state index contributed by atoms with van der Waals surface area (Å²) in [4.78, 5) is 51.5. The molecule has 4 rings (SSSR count). The average Bonchev–Trinajstić information content (AvgIpc) is 3.63. The van der Waals surface area contributed by atoms with Gasteiger partial charge in [-0.25, -0.2) is 0 Å². The summed E-state index contributed by atoms with van der Waals surface area (Å²) in [5, 5.41) is 15.6. The van der Waals surface area contributed by atoms with Crippen molar-refractivity contribution in [1.29, 1.82) is 0 Å². The summed E-state index contributed by atoms with van der Waals surface area (Å²) in [6.45, 7) is 1.33. The highest BCUT2D eigenvalue weighted by Gasteiger charge is 2.46. The van der Waals surface area contributed by atoms with E-state index < -0.39 is 42.0 Å². The molecule has 4 amide bonds. The van der Waals surface area contributed by atoms with Crippen molar-refractivity contribution in [3.05, 3.63) is 60.2 Å². The molecule has 36 heavy (non-hydrogen) atoms. The minimum absolute atomic E-state index is 0.0120. The number of aliphatic hydroxyl groups excluding tert-OH is 1. The standard InChI is InChI=1S/C27H32N4O5/c1-16(32)29-24(20-11-12-20)27(36)31-15-21(33)14-23(31)26(35)30-22(25(28)34)13-17-7-9-19(10-8-17)18-5-3-2-4-6-18/h2-10,20-24,33H,11-15H2,1H3,(H2,28,34)(H,29,32)(H,30,35)/t21-,22-,23+,24+/m1/s1. The largest absolute Gasteiger partial charge is 0.391 e. The summed E-state index contributed by atoms with van der Waals surface area (Å²) in [5.41, 5.74) is 8.50. The molecule has 9 nitrogen and oxygen atoms in total. The monoisotopic (exact) mass is 492 g/mol. The number of nitrogens with one attached hydrogen (secondary N) is 2. The number of amides is 4. The Kier molecular flexibility index (Phi) is 7.69. The van der Waals surface area contributed by atoms with Gasteiger partial charge in [0.1, 0.15) is 18.1 Å². The van der Waals surface area contributed by atoms with Gasteiger partial charge in [-0.3, -0.25) is 19.2 Å². The predicted molar refractivity (Wildman–Crippen MR) is 133 cm³/mol. The van der Waals surface area contributed by atoms with Crippen molar-refractivity contribution in [2.45, 2.75) is 56.8 Å². The first-order valence-corrected chi connectivity index (χ1v) is 12.2. The first kappa shape index (κ1) is 25.4. The van der Waals surface area contributed by atoms with E-state index in [-0.39, 0.29) is 31.2 Å². The third-order valence-corrected chi connectivity index (χ3v) is 6.74. The van der Waals surface area contributed by atoms with Gasteiger partial charge in [0.25, 0.3) is 0 Å². The Morgan fingerprint density at radius 1 is 1.00 bits per heavy atom. The van der Waals surface area contributed by atoms with Crippen LogP contribution < -0.4 is 16.4 Å². The zero-order valence-corrected chi connectivity index (χ0v) is 20.2. The highest BCUT2D eigenvalue weighted by Crippen LogP contribution is 2.34. The van der Waals surface area contributed by atoms with Crippen LogP contribution in [-0.2, 0) is 25.6 Å². The first-order valence-electron chi connectivity index (χ1n) is 12.2. The lowest BCUT2D eigenvalue weighted by Gasteiger charge is -2.29. The number of rotatable bonds is 9. The molecule has 0 spiro atoms. The molecule has 0 radical (unpaired) electrons. The molecule has 9 heteroatoms. The van der Waals surface area contributed by atoms with E-state index in [1.54, 1.807) is 0 Å². The molecular weight excluding hydrogens is 460 g/mol. The number of carbonyl (C=O) groups excluding carboxylic acids is 4. The number of carbonyl (C=O) groups is 4. The molecule has 1 aliphatic heterocycles. The van der Waals surface area contributed by atoms with E-state index in [2.05, 4.69) is 10.6 Å². The topological polar surface area (TPSA) is 142 Å². The van der Waals surface area contributed by atoms with Crippen molar-refractivity contribution in [3.63, 3.8) is 0 Å². The van der Waals surface area contributed by atoms with Gasteiger partial charge in [-0.1, -0.05) is 54.6 Å². The van der Waals surface area contributed by atoms with Gasteiger partial charge in [-0.05, 0) is 35.4 Å². The van der Waals surface area contributed by atoms with Crippen molar-refractivity contribution >= 4 is 23.6 Å². The van der Waals surface area contributed by atoms with Crippen molar-refractivity contribution in [2.24, 2.45) is 11.7 Å². The Labute approximate surface area is 210 Å². The van der Waals surface area contributed by atoms with Crippen LogP contribution in [0.2, 0.25) is 0 Å². The quantitative estimate of drug-likeness (QED) is 0.409. The molecule has 5 N–H and O–H groups in total. The average molecular weight is 493 g/mol. The van der Waals surface area contributed by atoms with Crippen LogP contribution >= 0.6 is 0 Å². The predicted octanol–water partition coefficient (Wildman–Crippen LogP) is 0.743. The molecule has 2 aromatic carbocycles. The first-order chi connectivity index (χ1) is 17.2. The minimum Gasteiger partial charge on any atom is -0.391 e. The number of benzene rings is 2. The van der Waals surface area contributed by atoms with E-state index in [0.717, 1.165) is 29.5 Å². The maximum atomic E-state index is 13.2. The Balaban J connectivity index is 1.44. The zero-order valence-electron chi connectivity index (χ0n) is 20.2. The normalized spacial score (nSPS) is 20.9. The Morgan fingerprint density at radius 2 is 1.64 bits per heavy atom. The van der Waals surface area contributed by atoms with E-state index in [0.29, 0.717) is 0 Å². The Hall–Kier alpha value is -3.72. The van der Waals surface area contributed by atoms with Gasteiger partial charge in [0.15, 0.2) is 0 Å². The third-order valence-electron chi connectivity index (χ3n) is 6.74. The summed E-state index contributed by atoms with van der Waals surface area (Å²) in [6, 6.07) is 14.9. The highest BCUT2D eigenvalue weighted by atomic mass is 16.3. The van der Waals surface area contributed by atoms with Crippen molar-refractivity contribution in [1.82, 2.24) is 15.5 Å². The van der Waals surface area contributed by atoms with Crippen molar-refractivity contribution in [3.8, 4) is 11.1 Å². The van der Waals surface area contributed by atoms with Crippen LogP contribution in [-0.4, -0.2) is 64.4 Å². The minimum atomic E-state index is -0.982. The second kappa shape index (κ2) is 10.9. The molecule has 2 fully saturated rings. The van der Waals surface area contributed by atoms with Gasteiger partial charge in [-0.15, -0.1) is 0 Å². The lowest BCUT2D eigenvalue weighted by Crippen LogP contribution is -2.56. The molecule has 190 valence electrons. The van der Waals surface area contributed by atoms with Crippen LogP contribution in [0.1, 0.15) is 31.7 Å². The van der Waals surface area contributed by atoms with Gasteiger partial charge in [0.05, 0.1) is 6.10 Å². The lowest BCUT2D eigenvalue weighted by atomic mass is 10.00. The summed E-state index contributed by atoms with van der Waals surface area (Å²) in [5.74, 6) is -1.94. The van der Waals surface area contributed by atoms with Crippen LogP contribution in [0.3, 0.4) is 0 Å². The van der Waals surface area contributed by atoms with Crippen molar-refractivity contribution < 1.29 is 24.3 Å². The number of nitrogens with two attached hydrogens (primary N) is 1. The highest BCUT2D eigenvalue weighted by molar-refractivity contribution is 5.94. The molecule has 1 aliphatic carbocycles. The maximum absolute atomic E-state index is 13.2. The molecule has 0 aromatic heterocycles. The fourth-order valence-electron chi connectivity index (χ4n) is 4.70. The van der Waals surface area contributed by atoms with Crippen LogP contribution in [0, 0.1) is 5.92 Å². The zero-order chi connectivity index (χ0) is 25.8. The number of hydrogen-bond acceptors (Lipinski definition) is 5. The van der Waals surface area contributed by atoms with Crippen LogP contribution in [0.15, 0.2) is 54.6 Å². The fraction of sp³-hybridized carbons (Fsp3) is 0.407. The lowest BCUT2D eigenvalue weighted by molar-refractivity contribution is -0.142. The van der Waals surface area contributed by atoms with Gasteiger partial charge in [0, 0.05) is 26.3 Å². The molecule has 0 bridgehead atoms. The van der Waals surface area contributed by atoms with Gasteiger partial charge < -0.3 is 26.4 Å². The summed E-state index contributed by atoms with van der Waals surface area (Å²) in [7, 11) is 0. The molecule has 1 heterocycles. The smallest absolute Gasteiger partial charge is 0.246 e. The fourth-order valence-corrected chi connectivity index (χ4v) is 4.70. The summed E-state index contributed by atoms with van der Waals surface area (Å²) >= 11 is 0. The second-order valence-electron chi connectivity index (χ2n) is 9.64. The number of β-amino-alcohol motifs (C(OH)–C–C–N with tert-alkyl or cyclic N) is 1. The SMILES string of the molecule is CC(=O)N[C@H](C(=O)N1C[C@H](O)C[C@H]1C(=O)N[C@H](Cc1ccc(-c2ccccc2)cc1)C(N)=O)C1CC1. The molecule has 4 atom stereocenters. The number of nitrogens with zero attached hydrogens (tertiary/aromatic N) is 1. The van der Waals surface area contributed by atoms with E-state index in [1.165, 1.54) is 11.8 Å². The number of aliphatic hydroxyl groups is 1. The van der Waals surface area contributed by atoms with Gasteiger partial charge in [-0.2, -0.15) is 0 Å². The third kappa shape index (κ3) is 6.09. The second-order valence-corrected chi connectivity index (χ2v) is 9.64. The van der Waals surface area contributed by atoms with Gasteiger partial charge in [0.2, 0.25) is 23.6 Å². The summed E-state index contributed by atoms with van der Waals surface area (Å²) < 4.78 is 0. The number of hydrogen-bond donors (Lipinski definition) is 4. The molecular formula is C27H32N4O5. The molecule has 1 saturated heterocycles. The van der Waals surface area contributed by atoms with Crippen LogP contribution in [0.4, 0.5) is 0 Å². The molecule has 2 aliphatic rings. The molecule has 0 unspecified atom stereocenters. The van der Waals surface area contributed by atoms with Crippen molar-refractivity contribution in [2.75, 3.05) is 6.54 Å². The van der Waals surface area contributed by atoms with Gasteiger partial charge >= 0.3 is 0 Å². The Morgan fingerprint density at radius 3 is 2.22 bits per heavy atom. The van der Waals surface area contributed by atoms with E-state index in [9.17, 15) is 24.3 Å². The summed E-state index contributed by atoms with van der Waals surface area (Å²) in [6.07, 6.45) is 0.995. The maximum Gasteiger partial charge on any atom is 0.246 e. The molecule has 2 aromatic rings. The Bertz CT molecular complexity index is 1120. The van der Waals surface area contributed by atoms with Crippen LogP contribution in [0.25, 0.3) is 11.1 Å². The van der Waals surface area contributed by atoms with Crippen LogP contribution in [0.5, 0.6) is 0 Å².